The number of carbonyl (C=O) groups is 1. The van der Waals surface area contributed by atoms with Crippen LogP contribution in [0.3, 0.4) is 0 Å². The number of likely N-dealkylation sites (N-methyl/N-ethyl adjacent to an activating group) is 1. The average molecular weight is 345 g/mol. The Balaban J connectivity index is 1.51. The zero-order valence-corrected chi connectivity index (χ0v) is 14.9. The van der Waals surface area contributed by atoms with Crippen molar-refractivity contribution in [3.05, 3.63) is 90.3 Å². The first-order valence-corrected chi connectivity index (χ1v) is 8.74. The van der Waals surface area contributed by atoms with Gasteiger partial charge in [-0.05, 0) is 53.9 Å². The third-order valence-corrected chi connectivity index (χ3v) is 4.28. The van der Waals surface area contributed by atoms with Crippen molar-refractivity contribution in [1.82, 2.24) is 4.98 Å². The van der Waals surface area contributed by atoms with E-state index in [0.717, 1.165) is 29.9 Å². The highest BCUT2D eigenvalue weighted by Gasteiger charge is 2.05. The first-order chi connectivity index (χ1) is 12.7. The molecule has 3 aromatic rings. The molecule has 0 spiro atoms. The molecule has 0 saturated carbocycles. The lowest BCUT2D eigenvalue weighted by Crippen LogP contribution is -2.20. The van der Waals surface area contributed by atoms with Crippen molar-refractivity contribution in [2.24, 2.45) is 0 Å². The Morgan fingerprint density at radius 3 is 2.31 bits per heavy atom. The van der Waals surface area contributed by atoms with Crippen LogP contribution >= 0.6 is 0 Å². The summed E-state index contributed by atoms with van der Waals surface area (Å²) in [6, 6.07) is 21.8. The highest BCUT2D eigenvalue weighted by Crippen LogP contribution is 2.17. The van der Waals surface area contributed by atoms with E-state index in [1.807, 2.05) is 79.1 Å². The molecule has 0 aliphatic carbocycles. The van der Waals surface area contributed by atoms with Gasteiger partial charge in [-0.25, -0.2) is 0 Å². The van der Waals surface area contributed by atoms with E-state index in [9.17, 15) is 4.79 Å². The second kappa shape index (κ2) is 8.81. The third kappa shape index (κ3) is 5.18. The van der Waals surface area contributed by atoms with E-state index in [2.05, 4.69) is 22.2 Å². The maximum Gasteiger partial charge on any atom is 0.228 e. The number of benzene rings is 2. The van der Waals surface area contributed by atoms with Gasteiger partial charge in [0.25, 0.3) is 0 Å². The second-order valence-corrected chi connectivity index (χ2v) is 6.28. The topological polar surface area (TPSA) is 45.2 Å². The number of hydrogen-bond donors (Lipinski definition) is 1. The van der Waals surface area contributed by atoms with Gasteiger partial charge in [0, 0.05) is 37.4 Å². The Morgan fingerprint density at radius 1 is 0.923 bits per heavy atom. The number of nitrogens with zero attached hydrogens (tertiary/aromatic N) is 2. The molecule has 1 N–H and O–H groups in total. The van der Waals surface area contributed by atoms with Crippen LogP contribution in [0, 0.1) is 0 Å². The molecule has 132 valence electrons. The van der Waals surface area contributed by atoms with E-state index in [1.54, 1.807) is 0 Å². The lowest BCUT2D eigenvalue weighted by Gasteiger charge is -2.19. The van der Waals surface area contributed by atoms with E-state index < -0.39 is 0 Å². The standard InChI is InChI=1S/C22H23N3O/c1-25(16-13-18-11-14-23-15-12-18)21-9-7-20(8-10-21)24-22(26)17-19-5-3-2-4-6-19/h2-12,14-15H,13,16-17H2,1H3,(H,24,26). The summed E-state index contributed by atoms with van der Waals surface area (Å²) in [6.07, 6.45) is 4.99. The largest absolute Gasteiger partial charge is 0.374 e. The fourth-order valence-corrected chi connectivity index (χ4v) is 2.76. The first kappa shape index (κ1) is 17.7. The molecule has 0 unspecified atom stereocenters. The summed E-state index contributed by atoms with van der Waals surface area (Å²) in [6.45, 7) is 0.920. The molecule has 0 radical (unpaired) electrons. The van der Waals surface area contributed by atoms with Crippen LogP contribution in [-0.4, -0.2) is 24.5 Å². The third-order valence-electron chi connectivity index (χ3n) is 4.28. The SMILES string of the molecule is CN(CCc1ccncc1)c1ccc(NC(=O)Cc2ccccc2)cc1. The molecule has 0 aliphatic heterocycles. The molecule has 3 rings (SSSR count). The quantitative estimate of drug-likeness (QED) is 0.705. The fraction of sp³-hybridized carbons (Fsp3) is 0.182. The molecule has 0 atom stereocenters. The van der Waals surface area contributed by atoms with Crippen molar-refractivity contribution in [2.75, 3.05) is 23.8 Å². The molecule has 4 heteroatoms. The van der Waals surface area contributed by atoms with Crippen molar-refractivity contribution >= 4 is 17.3 Å². The zero-order chi connectivity index (χ0) is 18.2. The number of carbonyl (C=O) groups excluding carboxylic acids is 1. The Labute approximate surface area is 154 Å². The van der Waals surface area contributed by atoms with Gasteiger partial charge < -0.3 is 10.2 Å². The van der Waals surface area contributed by atoms with Gasteiger partial charge in [0.05, 0.1) is 6.42 Å². The fourth-order valence-electron chi connectivity index (χ4n) is 2.76. The molecule has 0 saturated heterocycles. The van der Waals surface area contributed by atoms with Crippen molar-refractivity contribution in [3.63, 3.8) is 0 Å². The minimum Gasteiger partial charge on any atom is -0.374 e. The predicted octanol–water partition coefficient (Wildman–Crippen LogP) is 3.94. The van der Waals surface area contributed by atoms with Gasteiger partial charge in [0.2, 0.25) is 5.91 Å². The Hall–Kier alpha value is -3.14. The summed E-state index contributed by atoms with van der Waals surface area (Å²) < 4.78 is 0. The van der Waals surface area contributed by atoms with Crippen LogP contribution in [0.5, 0.6) is 0 Å². The van der Waals surface area contributed by atoms with Crippen LogP contribution in [-0.2, 0) is 17.6 Å². The second-order valence-electron chi connectivity index (χ2n) is 6.28. The number of pyridine rings is 1. The highest BCUT2D eigenvalue weighted by atomic mass is 16.1. The lowest BCUT2D eigenvalue weighted by molar-refractivity contribution is -0.115. The minimum atomic E-state index is -0.00464. The van der Waals surface area contributed by atoms with E-state index in [0.29, 0.717) is 6.42 Å². The summed E-state index contributed by atoms with van der Waals surface area (Å²) in [5, 5.41) is 2.95. The van der Waals surface area contributed by atoms with Gasteiger partial charge in [0.15, 0.2) is 0 Å². The molecular formula is C22H23N3O. The molecule has 1 heterocycles. The van der Waals surface area contributed by atoms with E-state index in [-0.39, 0.29) is 5.91 Å². The van der Waals surface area contributed by atoms with Gasteiger partial charge in [-0.3, -0.25) is 9.78 Å². The van der Waals surface area contributed by atoms with Crippen molar-refractivity contribution in [2.45, 2.75) is 12.8 Å². The summed E-state index contributed by atoms with van der Waals surface area (Å²) in [7, 11) is 2.07. The molecule has 0 bridgehead atoms. The number of aromatic nitrogens is 1. The van der Waals surface area contributed by atoms with Crippen LogP contribution in [0.4, 0.5) is 11.4 Å². The summed E-state index contributed by atoms with van der Waals surface area (Å²) in [4.78, 5) is 18.4. The molecule has 1 amide bonds. The molecular weight excluding hydrogens is 322 g/mol. The van der Waals surface area contributed by atoms with Gasteiger partial charge in [-0.1, -0.05) is 30.3 Å². The van der Waals surface area contributed by atoms with Crippen molar-refractivity contribution < 1.29 is 4.79 Å². The van der Waals surface area contributed by atoms with Gasteiger partial charge in [-0.2, -0.15) is 0 Å². The van der Waals surface area contributed by atoms with Crippen LogP contribution < -0.4 is 10.2 Å². The number of amides is 1. The lowest BCUT2D eigenvalue weighted by atomic mass is 10.1. The van der Waals surface area contributed by atoms with Gasteiger partial charge in [-0.15, -0.1) is 0 Å². The van der Waals surface area contributed by atoms with E-state index in [1.165, 1.54) is 5.56 Å². The number of hydrogen-bond acceptors (Lipinski definition) is 3. The normalized spacial score (nSPS) is 10.3. The van der Waals surface area contributed by atoms with Gasteiger partial charge >= 0.3 is 0 Å². The molecule has 2 aromatic carbocycles. The number of nitrogens with one attached hydrogen (secondary N) is 1. The maximum atomic E-state index is 12.1. The minimum absolute atomic E-state index is 0.00464. The Bertz CT molecular complexity index is 817. The van der Waals surface area contributed by atoms with Crippen LogP contribution in [0.15, 0.2) is 79.1 Å². The molecule has 1 aromatic heterocycles. The number of anilines is 2. The summed E-state index contributed by atoms with van der Waals surface area (Å²) >= 11 is 0. The van der Waals surface area contributed by atoms with Gasteiger partial charge in [0.1, 0.15) is 0 Å². The summed E-state index contributed by atoms with van der Waals surface area (Å²) in [5.74, 6) is -0.00464. The van der Waals surface area contributed by atoms with Crippen molar-refractivity contribution in [1.29, 1.82) is 0 Å². The van der Waals surface area contributed by atoms with Crippen LogP contribution in [0.25, 0.3) is 0 Å². The molecule has 0 aliphatic rings. The maximum absolute atomic E-state index is 12.1. The molecule has 0 fully saturated rings. The Morgan fingerprint density at radius 2 is 1.62 bits per heavy atom. The summed E-state index contributed by atoms with van der Waals surface area (Å²) in [5.41, 5.74) is 4.23. The predicted molar refractivity (Wildman–Crippen MR) is 106 cm³/mol. The zero-order valence-electron chi connectivity index (χ0n) is 14.9. The number of rotatable bonds is 7. The first-order valence-electron chi connectivity index (χ1n) is 8.74. The smallest absolute Gasteiger partial charge is 0.228 e. The van der Waals surface area contributed by atoms with E-state index in [4.69, 9.17) is 0 Å². The van der Waals surface area contributed by atoms with Crippen LogP contribution in [0.1, 0.15) is 11.1 Å². The molecule has 26 heavy (non-hydrogen) atoms. The molecule has 4 nitrogen and oxygen atoms in total. The van der Waals surface area contributed by atoms with Crippen molar-refractivity contribution in [3.8, 4) is 0 Å². The monoisotopic (exact) mass is 345 g/mol. The highest BCUT2D eigenvalue weighted by molar-refractivity contribution is 5.92. The van der Waals surface area contributed by atoms with E-state index >= 15 is 0 Å². The Kier molecular flexibility index (Phi) is 5.99. The van der Waals surface area contributed by atoms with Crippen LogP contribution in [0.2, 0.25) is 0 Å². The average Bonchev–Trinajstić information content (AvgIpc) is 2.68.